The van der Waals surface area contributed by atoms with Crippen molar-refractivity contribution in [2.24, 2.45) is 0 Å². The Morgan fingerprint density at radius 1 is 0.514 bits per heavy atom. The molecule has 0 saturated heterocycles. The maximum absolute atomic E-state index is 2.38. The van der Waals surface area contributed by atoms with E-state index in [0.29, 0.717) is 0 Å². The minimum absolute atomic E-state index is 1.19. The summed E-state index contributed by atoms with van der Waals surface area (Å²) in [6.45, 7) is 0. The molecule has 0 N–H and O–H groups in total. The molecule has 0 aliphatic heterocycles. The van der Waals surface area contributed by atoms with Crippen molar-refractivity contribution in [2.75, 3.05) is 0 Å². The lowest BCUT2D eigenvalue weighted by Gasteiger charge is -2.09. The van der Waals surface area contributed by atoms with Gasteiger partial charge in [-0.25, -0.2) is 0 Å². The summed E-state index contributed by atoms with van der Waals surface area (Å²) in [4.78, 5) is 0. The van der Waals surface area contributed by atoms with Crippen LogP contribution in [0.1, 0.15) is 0 Å². The van der Waals surface area contributed by atoms with Crippen LogP contribution in [0.15, 0.2) is 121 Å². The first-order chi connectivity index (χ1) is 17.4. The van der Waals surface area contributed by atoms with E-state index in [-0.39, 0.29) is 0 Å². The van der Waals surface area contributed by atoms with Crippen LogP contribution in [-0.2, 0) is 0 Å². The fourth-order valence-corrected chi connectivity index (χ4v) is 6.80. The van der Waals surface area contributed by atoms with Crippen LogP contribution in [0, 0.1) is 0 Å². The summed E-state index contributed by atoms with van der Waals surface area (Å²) in [5, 5.41) is 6.46. The molecule has 0 unspecified atom stereocenters. The van der Waals surface area contributed by atoms with Crippen LogP contribution in [0.25, 0.3) is 64.3 Å². The second-order valence-corrected chi connectivity index (χ2v) is 10.1. The third-order valence-corrected chi connectivity index (χ3v) is 8.35. The van der Waals surface area contributed by atoms with E-state index in [1.54, 1.807) is 0 Å². The minimum atomic E-state index is 1.19. The van der Waals surface area contributed by atoms with Crippen LogP contribution >= 0.6 is 11.3 Å². The van der Waals surface area contributed by atoms with E-state index in [1.165, 1.54) is 64.3 Å². The quantitative estimate of drug-likeness (QED) is 0.241. The number of para-hydroxylation sites is 2. The lowest BCUT2D eigenvalue weighted by atomic mass is 10.1. The van der Waals surface area contributed by atoms with Crippen LogP contribution in [0.5, 0.6) is 0 Å². The van der Waals surface area contributed by atoms with Gasteiger partial charge in [0.15, 0.2) is 0 Å². The molecule has 8 rings (SSSR count). The van der Waals surface area contributed by atoms with Gasteiger partial charge in [0, 0.05) is 43.5 Å². The number of aromatic nitrogens is 2. The van der Waals surface area contributed by atoms with Gasteiger partial charge in [-0.2, -0.15) is 0 Å². The van der Waals surface area contributed by atoms with E-state index in [4.69, 9.17) is 0 Å². The molecule has 3 heteroatoms. The van der Waals surface area contributed by atoms with Crippen molar-refractivity contribution in [3.05, 3.63) is 121 Å². The van der Waals surface area contributed by atoms with Crippen molar-refractivity contribution in [1.29, 1.82) is 0 Å². The average molecular weight is 465 g/mol. The molecule has 0 bridgehead atoms. The Kier molecular flexibility index (Phi) is 3.85. The summed E-state index contributed by atoms with van der Waals surface area (Å²) in [5.41, 5.74) is 6.14. The van der Waals surface area contributed by atoms with Crippen LogP contribution in [0.3, 0.4) is 0 Å². The summed E-state index contributed by atoms with van der Waals surface area (Å²) in [7, 11) is 0. The van der Waals surface area contributed by atoms with E-state index in [1.807, 2.05) is 11.3 Å². The first-order valence-electron chi connectivity index (χ1n) is 11.9. The molecule has 0 fully saturated rings. The molecule has 0 amide bonds. The zero-order valence-corrected chi connectivity index (χ0v) is 19.7. The first kappa shape index (κ1) is 19.0. The largest absolute Gasteiger partial charge is 0.315 e. The highest BCUT2D eigenvalue weighted by atomic mass is 32.1. The fourth-order valence-electron chi connectivity index (χ4n) is 5.58. The predicted molar refractivity (Wildman–Crippen MR) is 151 cm³/mol. The Hall–Kier alpha value is -4.34. The smallest absolute Gasteiger partial charge is 0.0634 e. The SMILES string of the molecule is c1ccc(-n2c3ccccc3c3cc4c(ccn4-c4cccc5c4sc4ccccc45)cc32)cc1. The Labute approximate surface area is 205 Å². The number of nitrogens with zero attached hydrogens (tertiary/aromatic N) is 2. The lowest BCUT2D eigenvalue weighted by molar-refractivity contribution is 1.15. The van der Waals surface area contributed by atoms with Gasteiger partial charge in [0.05, 0.1) is 26.9 Å². The van der Waals surface area contributed by atoms with Crippen molar-refractivity contribution in [3.8, 4) is 11.4 Å². The number of hydrogen-bond donors (Lipinski definition) is 0. The van der Waals surface area contributed by atoms with Crippen LogP contribution in [0.2, 0.25) is 0 Å². The van der Waals surface area contributed by atoms with E-state index < -0.39 is 0 Å². The Morgan fingerprint density at radius 3 is 2.20 bits per heavy atom. The van der Waals surface area contributed by atoms with Crippen molar-refractivity contribution in [2.45, 2.75) is 0 Å². The number of benzene rings is 5. The molecule has 35 heavy (non-hydrogen) atoms. The van der Waals surface area contributed by atoms with Crippen molar-refractivity contribution in [3.63, 3.8) is 0 Å². The van der Waals surface area contributed by atoms with Crippen molar-refractivity contribution < 1.29 is 0 Å². The van der Waals surface area contributed by atoms with E-state index in [2.05, 4.69) is 131 Å². The number of rotatable bonds is 2. The molecule has 0 aliphatic rings. The lowest BCUT2D eigenvalue weighted by Crippen LogP contribution is -1.94. The Bertz CT molecular complexity index is 2050. The molecular formula is C32H20N2S. The maximum Gasteiger partial charge on any atom is 0.0634 e. The summed E-state index contributed by atoms with van der Waals surface area (Å²) in [5.74, 6) is 0. The molecule has 0 radical (unpaired) electrons. The molecule has 0 aliphatic carbocycles. The minimum Gasteiger partial charge on any atom is -0.315 e. The predicted octanol–water partition coefficient (Wildman–Crippen LogP) is 9.10. The van der Waals surface area contributed by atoms with E-state index in [0.717, 1.165) is 0 Å². The van der Waals surface area contributed by atoms with Gasteiger partial charge in [-0.1, -0.05) is 66.7 Å². The number of thiophene rings is 1. The van der Waals surface area contributed by atoms with E-state index >= 15 is 0 Å². The van der Waals surface area contributed by atoms with Crippen LogP contribution in [-0.4, -0.2) is 9.13 Å². The van der Waals surface area contributed by atoms with E-state index in [9.17, 15) is 0 Å². The summed E-state index contributed by atoms with van der Waals surface area (Å²) in [6, 6.07) is 41.7. The summed E-state index contributed by atoms with van der Waals surface area (Å²) >= 11 is 1.88. The zero-order valence-electron chi connectivity index (χ0n) is 18.8. The fraction of sp³-hybridized carbons (Fsp3) is 0. The number of fused-ring (bicyclic) bond motifs is 7. The van der Waals surface area contributed by atoms with Gasteiger partial charge in [-0.3, -0.25) is 0 Å². The molecule has 164 valence electrons. The summed E-state index contributed by atoms with van der Waals surface area (Å²) in [6.07, 6.45) is 2.22. The Morgan fingerprint density at radius 2 is 1.29 bits per heavy atom. The van der Waals surface area contributed by atoms with Crippen LogP contribution in [0.4, 0.5) is 0 Å². The molecule has 8 aromatic rings. The highest BCUT2D eigenvalue weighted by molar-refractivity contribution is 7.26. The third-order valence-electron chi connectivity index (χ3n) is 7.14. The van der Waals surface area contributed by atoms with Crippen LogP contribution < -0.4 is 0 Å². The second kappa shape index (κ2) is 7.08. The topological polar surface area (TPSA) is 9.86 Å². The molecule has 3 aromatic heterocycles. The van der Waals surface area contributed by atoms with Crippen molar-refractivity contribution in [1.82, 2.24) is 9.13 Å². The normalized spacial score (nSPS) is 12.0. The molecule has 0 saturated carbocycles. The number of hydrogen-bond acceptors (Lipinski definition) is 1. The van der Waals surface area contributed by atoms with Gasteiger partial charge < -0.3 is 9.13 Å². The molecule has 2 nitrogen and oxygen atoms in total. The van der Waals surface area contributed by atoms with Gasteiger partial charge in [-0.15, -0.1) is 11.3 Å². The third kappa shape index (κ3) is 2.64. The van der Waals surface area contributed by atoms with Gasteiger partial charge in [-0.05, 0) is 48.5 Å². The molecule has 0 atom stereocenters. The second-order valence-electron chi connectivity index (χ2n) is 9.05. The molecule has 5 aromatic carbocycles. The first-order valence-corrected chi connectivity index (χ1v) is 12.7. The average Bonchev–Trinajstić information content (AvgIpc) is 3.59. The monoisotopic (exact) mass is 464 g/mol. The zero-order chi connectivity index (χ0) is 22.9. The van der Waals surface area contributed by atoms with Gasteiger partial charge >= 0.3 is 0 Å². The molecule has 3 heterocycles. The Balaban J connectivity index is 1.46. The standard InChI is InChI=1S/C32H20N2S/c1-2-9-22(10-3-1)34-27-14-6-4-11-23(27)26-20-29-21(19-30(26)34)17-18-33(29)28-15-8-13-25-24-12-5-7-16-31(24)35-32(25)28/h1-20H. The van der Waals surface area contributed by atoms with Gasteiger partial charge in [0.25, 0.3) is 0 Å². The van der Waals surface area contributed by atoms with Gasteiger partial charge in [0.1, 0.15) is 0 Å². The molecule has 0 spiro atoms. The molecular weight excluding hydrogens is 444 g/mol. The van der Waals surface area contributed by atoms with Crippen molar-refractivity contribution >= 4 is 64.2 Å². The highest BCUT2D eigenvalue weighted by Gasteiger charge is 2.16. The summed E-state index contributed by atoms with van der Waals surface area (Å²) < 4.78 is 7.41. The van der Waals surface area contributed by atoms with Gasteiger partial charge in [0.2, 0.25) is 0 Å². The highest BCUT2D eigenvalue weighted by Crippen LogP contribution is 2.40. The maximum atomic E-state index is 2.38.